The fourth-order valence-electron chi connectivity index (χ4n) is 2.10. The molecule has 1 aromatic carbocycles. The van der Waals surface area contributed by atoms with Gasteiger partial charge in [0.2, 0.25) is 0 Å². The molecule has 3 nitrogen and oxygen atoms in total. The van der Waals surface area contributed by atoms with E-state index in [0.717, 1.165) is 5.56 Å². The molecule has 1 aliphatic heterocycles. The number of benzene rings is 1. The second kappa shape index (κ2) is 6.30. The molecule has 106 valence electrons. The van der Waals surface area contributed by atoms with Gasteiger partial charge >= 0.3 is 5.97 Å². The Morgan fingerprint density at radius 3 is 2.53 bits per heavy atom. The molecule has 1 saturated heterocycles. The average molecular weight is 292 g/mol. The van der Waals surface area contributed by atoms with Gasteiger partial charge in [-0.1, -0.05) is 12.1 Å². The van der Waals surface area contributed by atoms with Gasteiger partial charge in [-0.05, 0) is 17.7 Å². The first-order valence-electron chi connectivity index (χ1n) is 5.89. The molecule has 0 saturated carbocycles. The van der Waals surface area contributed by atoms with Crippen molar-refractivity contribution >= 4 is 18.4 Å². The number of hydrogen-bond acceptors (Lipinski definition) is 2. The lowest BCUT2D eigenvalue weighted by Crippen LogP contribution is -2.38. The van der Waals surface area contributed by atoms with Crippen molar-refractivity contribution < 1.29 is 18.7 Å². The van der Waals surface area contributed by atoms with Crippen LogP contribution in [0.3, 0.4) is 0 Å². The van der Waals surface area contributed by atoms with E-state index < -0.39 is 11.9 Å². The van der Waals surface area contributed by atoms with Gasteiger partial charge in [-0.2, -0.15) is 0 Å². The first-order chi connectivity index (χ1) is 8.46. The van der Waals surface area contributed by atoms with Crippen molar-refractivity contribution in [3.8, 4) is 0 Å². The van der Waals surface area contributed by atoms with Crippen LogP contribution in [-0.4, -0.2) is 35.0 Å². The maximum atomic E-state index is 13.0. The predicted molar refractivity (Wildman–Crippen MR) is 70.1 cm³/mol. The minimum absolute atomic E-state index is 0. The molecule has 6 heteroatoms. The Kier molecular flexibility index (Phi) is 5.26. The van der Waals surface area contributed by atoms with Crippen molar-refractivity contribution in [3.63, 3.8) is 0 Å². The molecule has 0 atom stereocenters. The summed E-state index contributed by atoms with van der Waals surface area (Å²) in [7, 11) is 0. The van der Waals surface area contributed by atoms with E-state index in [9.17, 15) is 13.6 Å². The number of halogens is 3. The lowest BCUT2D eigenvalue weighted by molar-refractivity contribution is -0.0566. The Labute approximate surface area is 116 Å². The number of piperidine rings is 1. The quantitative estimate of drug-likeness (QED) is 0.930. The van der Waals surface area contributed by atoms with Gasteiger partial charge in [0.1, 0.15) is 0 Å². The van der Waals surface area contributed by atoms with E-state index in [-0.39, 0.29) is 30.8 Å². The summed E-state index contributed by atoms with van der Waals surface area (Å²) in [5.74, 6) is -3.51. The molecular weight excluding hydrogens is 276 g/mol. The van der Waals surface area contributed by atoms with Crippen LogP contribution in [0.5, 0.6) is 0 Å². The van der Waals surface area contributed by atoms with Crippen LogP contribution in [0.2, 0.25) is 0 Å². The minimum Gasteiger partial charge on any atom is -0.478 e. The van der Waals surface area contributed by atoms with Crippen LogP contribution < -0.4 is 0 Å². The van der Waals surface area contributed by atoms with Crippen LogP contribution in [0.25, 0.3) is 0 Å². The topological polar surface area (TPSA) is 40.5 Å². The lowest BCUT2D eigenvalue weighted by Gasteiger charge is -2.31. The summed E-state index contributed by atoms with van der Waals surface area (Å²) in [6.45, 7) is 1.23. The zero-order valence-electron chi connectivity index (χ0n) is 10.3. The molecule has 0 amide bonds. The number of carboxylic acids is 1. The van der Waals surface area contributed by atoms with Gasteiger partial charge in [0.15, 0.2) is 0 Å². The highest BCUT2D eigenvalue weighted by Gasteiger charge is 2.33. The number of hydrogen-bond donors (Lipinski definition) is 1. The van der Waals surface area contributed by atoms with Crippen LogP contribution in [0.15, 0.2) is 24.3 Å². The fraction of sp³-hybridized carbons (Fsp3) is 0.462. The number of aromatic carboxylic acids is 1. The molecule has 1 N–H and O–H groups in total. The minimum atomic E-state index is -2.54. The average Bonchev–Trinajstić information content (AvgIpc) is 2.32. The highest BCUT2D eigenvalue weighted by atomic mass is 35.5. The molecule has 1 heterocycles. The summed E-state index contributed by atoms with van der Waals surface area (Å²) in [5.41, 5.74) is 1.08. The normalized spacial score (nSPS) is 18.6. The molecule has 1 aliphatic rings. The number of nitrogens with zero attached hydrogens (tertiary/aromatic N) is 1. The monoisotopic (exact) mass is 291 g/mol. The van der Waals surface area contributed by atoms with Crippen molar-refractivity contribution in [2.75, 3.05) is 13.1 Å². The molecule has 0 aliphatic carbocycles. The summed E-state index contributed by atoms with van der Waals surface area (Å²) in [5, 5.41) is 8.87. The summed E-state index contributed by atoms with van der Waals surface area (Å²) in [6, 6.07) is 6.61. The van der Waals surface area contributed by atoms with Crippen molar-refractivity contribution in [1.29, 1.82) is 0 Å². The number of carboxylic acid groups (broad SMARTS) is 1. The molecule has 0 spiro atoms. The van der Waals surface area contributed by atoms with Crippen LogP contribution in [0, 0.1) is 0 Å². The number of likely N-dealkylation sites (tertiary alicyclic amines) is 1. The third-order valence-corrected chi connectivity index (χ3v) is 3.17. The van der Waals surface area contributed by atoms with Crippen LogP contribution >= 0.6 is 12.4 Å². The van der Waals surface area contributed by atoms with Crippen molar-refractivity contribution in [2.24, 2.45) is 0 Å². The Balaban J connectivity index is 0.00000180. The van der Waals surface area contributed by atoms with Gasteiger partial charge in [0.25, 0.3) is 5.92 Å². The zero-order chi connectivity index (χ0) is 13.2. The van der Waals surface area contributed by atoms with Crippen LogP contribution in [-0.2, 0) is 6.54 Å². The highest BCUT2D eigenvalue weighted by molar-refractivity contribution is 5.87. The second-order valence-electron chi connectivity index (χ2n) is 4.64. The summed E-state index contributed by atoms with van der Waals surface area (Å²) >= 11 is 0. The third kappa shape index (κ3) is 4.44. The van der Waals surface area contributed by atoms with Crippen molar-refractivity contribution in [2.45, 2.75) is 25.3 Å². The van der Waals surface area contributed by atoms with Gasteiger partial charge in [-0.3, -0.25) is 4.90 Å². The number of alkyl halides is 2. The Morgan fingerprint density at radius 1 is 1.32 bits per heavy atom. The van der Waals surface area contributed by atoms with Crippen LogP contribution in [0.1, 0.15) is 28.8 Å². The molecule has 2 rings (SSSR count). The number of carbonyl (C=O) groups is 1. The molecular formula is C13H16ClF2NO2. The molecule has 19 heavy (non-hydrogen) atoms. The van der Waals surface area contributed by atoms with E-state index in [1.807, 2.05) is 11.0 Å². The second-order valence-corrected chi connectivity index (χ2v) is 4.64. The zero-order valence-corrected chi connectivity index (χ0v) is 11.1. The van der Waals surface area contributed by atoms with Crippen molar-refractivity contribution in [1.82, 2.24) is 4.90 Å². The Hall–Kier alpha value is -1.20. The molecule has 0 unspecified atom stereocenters. The van der Waals surface area contributed by atoms with Gasteiger partial charge in [-0.25, -0.2) is 13.6 Å². The largest absolute Gasteiger partial charge is 0.478 e. The molecule has 1 aromatic rings. The summed E-state index contributed by atoms with van der Waals surface area (Å²) in [6.07, 6.45) is -0.239. The van der Waals surface area contributed by atoms with E-state index in [4.69, 9.17) is 5.11 Å². The SMILES string of the molecule is Cl.O=C(O)c1cccc(CN2CCC(F)(F)CC2)c1. The fourth-order valence-corrected chi connectivity index (χ4v) is 2.10. The molecule has 0 aromatic heterocycles. The van der Waals surface area contributed by atoms with Gasteiger partial charge in [-0.15, -0.1) is 12.4 Å². The van der Waals surface area contributed by atoms with Gasteiger partial charge in [0.05, 0.1) is 5.56 Å². The molecule has 1 fully saturated rings. The maximum Gasteiger partial charge on any atom is 0.335 e. The predicted octanol–water partition coefficient (Wildman–Crippen LogP) is 3.04. The first-order valence-corrected chi connectivity index (χ1v) is 5.89. The summed E-state index contributed by atoms with van der Waals surface area (Å²) < 4.78 is 26.0. The Morgan fingerprint density at radius 2 is 1.95 bits per heavy atom. The first kappa shape index (κ1) is 15.9. The van der Waals surface area contributed by atoms with Crippen molar-refractivity contribution in [3.05, 3.63) is 35.4 Å². The highest BCUT2D eigenvalue weighted by Crippen LogP contribution is 2.28. The molecule has 0 bridgehead atoms. The van der Waals surface area contributed by atoms with Gasteiger partial charge < -0.3 is 5.11 Å². The van der Waals surface area contributed by atoms with Gasteiger partial charge in [0, 0.05) is 32.5 Å². The van der Waals surface area contributed by atoms with E-state index in [0.29, 0.717) is 19.6 Å². The van der Waals surface area contributed by atoms with E-state index >= 15 is 0 Å². The van der Waals surface area contributed by atoms with E-state index in [2.05, 4.69) is 0 Å². The van der Waals surface area contributed by atoms with Crippen LogP contribution in [0.4, 0.5) is 8.78 Å². The summed E-state index contributed by atoms with van der Waals surface area (Å²) in [4.78, 5) is 12.7. The maximum absolute atomic E-state index is 13.0. The Bertz CT molecular complexity index is 444. The standard InChI is InChI=1S/C13H15F2NO2.ClH/c14-13(15)4-6-16(7-5-13)9-10-2-1-3-11(8-10)12(17)18;/h1-3,8H,4-7,9H2,(H,17,18);1H. The van der Waals surface area contributed by atoms with E-state index in [1.165, 1.54) is 6.07 Å². The third-order valence-electron chi connectivity index (χ3n) is 3.17. The smallest absolute Gasteiger partial charge is 0.335 e. The van der Waals surface area contributed by atoms with E-state index in [1.54, 1.807) is 12.1 Å². The lowest BCUT2D eigenvalue weighted by atomic mass is 10.1. The number of rotatable bonds is 3. The molecule has 0 radical (unpaired) electrons.